The van der Waals surface area contributed by atoms with Crippen LogP contribution in [0, 0.1) is 0 Å². The molecule has 0 radical (unpaired) electrons. The zero-order valence-corrected chi connectivity index (χ0v) is 16.0. The molecular formula is C12H18Cl5N3O3. The van der Waals surface area contributed by atoms with Crippen molar-refractivity contribution in [3.05, 3.63) is 25.1 Å². The van der Waals surface area contributed by atoms with E-state index in [-0.39, 0.29) is 30.9 Å². The molecule has 0 atom stereocenters. The van der Waals surface area contributed by atoms with Crippen molar-refractivity contribution in [2.75, 3.05) is 26.2 Å². The van der Waals surface area contributed by atoms with E-state index in [1.165, 1.54) is 0 Å². The number of benzene rings is 1. The molecule has 0 aliphatic heterocycles. The second-order valence-electron chi connectivity index (χ2n) is 3.76. The predicted octanol–water partition coefficient (Wildman–Crippen LogP) is 3.24. The Hall–Kier alpha value is -0.180. The number of carboxylic acid groups (broad SMARTS) is 1. The van der Waals surface area contributed by atoms with E-state index in [0.29, 0.717) is 13.1 Å². The van der Waals surface area contributed by atoms with Gasteiger partial charge in [0.1, 0.15) is 10.0 Å². The van der Waals surface area contributed by atoms with Gasteiger partial charge in [-0.1, -0.05) is 58.0 Å². The van der Waals surface area contributed by atoms with Crippen LogP contribution in [0.25, 0.3) is 0 Å². The quantitative estimate of drug-likeness (QED) is 0.285. The van der Waals surface area contributed by atoms with Gasteiger partial charge < -0.3 is 27.0 Å². The van der Waals surface area contributed by atoms with E-state index >= 15 is 0 Å². The van der Waals surface area contributed by atoms with Gasteiger partial charge in [0, 0.05) is 33.1 Å². The van der Waals surface area contributed by atoms with Gasteiger partial charge in [-0.05, 0) is 0 Å². The lowest BCUT2D eigenvalue weighted by molar-refractivity contribution is -0.134. The maximum Gasteiger partial charge on any atom is 0.300 e. The number of phenolic OH excluding ortho intramolecular Hbond substituents is 1. The van der Waals surface area contributed by atoms with Crippen LogP contribution in [0.2, 0.25) is 25.1 Å². The third-order valence-corrected chi connectivity index (χ3v) is 4.09. The summed E-state index contributed by atoms with van der Waals surface area (Å²) in [4.78, 5) is 9.00. The van der Waals surface area contributed by atoms with Crippen molar-refractivity contribution in [1.82, 2.24) is 5.32 Å². The fourth-order valence-electron chi connectivity index (χ4n) is 0.922. The Morgan fingerprint density at radius 2 is 1.17 bits per heavy atom. The molecule has 0 spiro atoms. The van der Waals surface area contributed by atoms with E-state index in [4.69, 9.17) is 79.4 Å². The van der Waals surface area contributed by atoms with E-state index in [9.17, 15) is 5.11 Å². The Bertz CT molecular complexity index is 390. The number of nitrogens with two attached hydrogens (primary N) is 2. The first-order valence-corrected chi connectivity index (χ1v) is 8.01. The van der Waals surface area contributed by atoms with Crippen LogP contribution < -0.4 is 16.8 Å². The molecule has 0 aliphatic carbocycles. The molecule has 11 heteroatoms. The summed E-state index contributed by atoms with van der Waals surface area (Å²) in [6, 6.07) is 0. The highest BCUT2D eigenvalue weighted by atomic mass is 35.5. The average Bonchev–Trinajstić information content (AvgIpc) is 2.50. The minimum absolute atomic E-state index is 0.00904. The molecule has 6 nitrogen and oxygen atoms in total. The maximum absolute atomic E-state index is 9.20. The van der Waals surface area contributed by atoms with E-state index < -0.39 is 5.97 Å². The summed E-state index contributed by atoms with van der Waals surface area (Å²) in [7, 11) is 0. The van der Waals surface area contributed by atoms with Crippen molar-refractivity contribution >= 4 is 64.0 Å². The number of carbonyl (C=O) groups is 1. The van der Waals surface area contributed by atoms with Crippen molar-refractivity contribution in [2.45, 2.75) is 6.92 Å². The van der Waals surface area contributed by atoms with Crippen molar-refractivity contribution in [1.29, 1.82) is 0 Å². The van der Waals surface area contributed by atoms with Gasteiger partial charge in [-0.2, -0.15) is 0 Å². The third kappa shape index (κ3) is 11.1. The molecule has 0 saturated heterocycles. The number of hydrogen-bond acceptors (Lipinski definition) is 5. The minimum atomic E-state index is -0.833. The van der Waals surface area contributed by atoms with E-state index in [1.54, 1.807) is 0 Å². The summed E-state index contributed by atoms with van der Waals surface area (Å²) in [5, 5.41) is 19.5. The first kappa shape index (κ1) is 25.1. The highest BCUT2D eigenvalue weighted by molar-refractivity contribution is 6.55. The molecule has 134 valence electrons. The number of aliphatic carboxylic acids is 1. The monoisotopic (exact) mass is 427 g/mol. The zero-order chi connectivity index (χ0) is 18.6. The molecule has 0 bridgehead atoms. The van der Waals surface area contributed by atoms with E-state index in [1.807, 2.05) is 0 Å². The molecule has 7 N–H and O–H groups in total. The Balaban J connectivity index is 0. The van der Waals surface area contributed by atoms with E-state index in [2.05, 4.69) is 5.32 Å². The fourth-order valence-corrected chi connectivity index (χ4v) is 2.05. The SMILES string of the molecule is CC(=O)O.NCCNCCN.Oc1c(Cl)c(Cl)c(Cl)c(Cl)c1Cl. The molecule has 0 amide bonds. The van der Waals surface area contributed by atoms with Crippen molar-refractivity contribution in [2.24, 2.45) is 11.5 Å². The lowest BCUT2D eigenvalue weighted by Gasteiger charge is -2.06. The second kappa shape index (κ2) is 14.2. The van der Waals surface area contributed by atoms with Gasteiger partial charge in [0.15, 0.2) is 5.75 Å². The molecule has 1 rings (SSSR count). The van der Waals surface area contributed by atoms with Crippen LogP contribution in [0.1, 0.15) is 6.92 Å². The number of nitrogens with one attached hydrogen (secondary N) is 1. The number of halogens is 5. The van der Waals surface area contributed by atoms with Gasteiger partial charge in [-0.3, -0.25) is 4.79 Å². The summed E-state index contributed by atoms with van der Waals surface area (Å²) < 4.78 is 0. The Labute approximate surface area is 159 Å². The highest BCUT2D eigenvalue weighted by Gasteiger charge is 2.18. The Morgan fingerprint density at radius 1 is 0.913 bits per heavy atom. The number of hydrogen-bond donors (Lipinski definition) is 5. The molecule has 0 heterocycles. The number of aromatic hydroxyl groups is 1. The summed E-state index contributed by atoms with van der Waals surface area (Å²) in [6.45, 7) is 4.22. The van der Waals surface area contributed by atoms with Gasteiger partial charge in [0.2, 0.25) is 0 Å². The largest absolute Gasteiger partial charge is 0.505 e. The second-order valence-corrected chi connectivity index (χ2v) is 5.65. The summed E-state index contributed by atoms with van der Waals surface area (Å²) in [5.74, 6) is -1.20. The standard InChI is InChI=1S/C6HCl5O.C4H13N3.C2H4O2/c7-1-2(8)4(10)6(12)5(11)3(1)9;5-1-3-7-4-2-6;1-2(3)4/h12H;7H,1-6H2;1H3,(H,3,4). The molecule has 0 aliphatic rings. The molecular weight excluding hydrogens is 411 g/mol. The molecule has 0 unspecified atom stereocenters. The van der Waals surface area contributed by atoms with Crippen LogP contribution in [0.5, 0.6) is 5.75 Å². The topological polar surface area (TPSA) is 122 Å². The van der Waals surface area contributed by atoms with Gasteiger partial charge in [0.25, 0.3) is 5.97 Å². The lowest BCUT2D eigenvalue weighted by atomic mass is 10.3. The van der Waals surface area contributed by atoms with Gasteiger partial charge in [-0.15, -0.1) is 0 Å². The summed E-state index contributed by atoms with van der Waals surface area (Å²) >= 11 is 27.9. The first-order valence-electron chi connectivity index (χ1n) is 6.12. The highest BCUT2D eigenvalue weighted by Crippen LogP contribution is 2.47. The van der Waals surface area contributed by atoms with Crippen LogP contribution in [-0.2, 0) is 4.79 Å². The van der Waals surface area contributed by atoms with Crippen LogP contribution in [-0.4, -0.2) is 42.4 Å². The van der Waals surface area contributed by atoms with Gasteiger partial charge in [-0.25, -0.2) is 0 Å². The predicted molar refractivity (Wildman–Crippen MR) is 97.4 cm³/mol. The van der Waals surface area contributed by atoms with Gasteiger partial charge in [0.05, 0.1) is 15.1 Å². The number of rotatable bonds is 4. The van der Waals surface area contributed by atoms with Crippen LogP contribution >= 0.6 is 58.0 Å². The molecule has 0 aromatic heterocycles. The minimum Gasteiger partial charge on any atom is -0.505 e. The van der Waals surface area contributed by atoms with Crippen molar-refractivity contribution in [3.8, 4) is 5.75 Å². The maximum atomic E-state index is 9.20. The third-order valence-electron chi connectivity index (χ3n) is 1.83. The van der Waals surface area contributed by atoms with Crippen molar-refractivity contribution in [3.63, 3.8) is 0 Å². The smallest absolute Gasteiger partial charge is 0.300 e. The number of carboxylic acids is 1. The zero-order valence-electron chi connectivity index (χ0n) is 12.2. The molecule has 1 aromatic rings. The van der Waals surface area contributed by atoms with Crippen LogP contribution in [0.4, 0.5) is 0 Å². The first-order chi connectivity index (χ1) is 10.6. The fraction of sp³-hybridized carbons (Fsp3) is 0.417. The van der Waals surface area contributed by atoms with Crippen LogP contribution in [0.3, 0.4) is 0 Å². The molecule has 1 aromatic carbocycles. The van der Waals surface area contributed by atoms with Crippen LogP contribution in [0.15, 0.2) is 0 Å². The van der Waals surface area contributed by atoms with Crippen molar-refractivity contribution < 1.29 is 15.0 Å². The Morgan fingerprint density at radius 3 is 1.43 bits per heavy atom. The lowest BCUT2D eigenvalue weighted by Crippen LogP contribution is -2.27. The normalized spacial score (nSPS) is 9.39. The van der Waals surface area contributed by atoms with Gasteiger partial charge >= 0.3 is 0 Å². The average molecular weight is 430 g/mol. The molecule has 0 saturated carbocycles. The summed E-state index contributed by atoms with van der Waals surface area (Å²) in [5.41, 5.74) is 10.3. The van der Waals surface area contributed by atoms with E-state index in [0.717, 1.165) is 20.0 Å². The molecule has 23 heavy (non-hydrogen) atoms. The number of phenols is 1. The Kier molecular flexibility index (Phi) is 15.5. The molecule has 0 fully saturated rings. The summed E-state index contributed by atoms with van der Waals surface area (Å²) in [6.07, 6.45) is 0.